The predicted octanol–water partition coefficient (Wildman–Crippen LogP) is 5.77. The lowest BCUT2D eigenvalue weighted by Crippen LogP contribution is -2.37. The molecule has 0 aromatic heterocycles. The van der Waals surface area contributed by atoms with Gasteiger partial charge in [0.1, 0.15) is 5.75 Å². The molecule has 0 saturated carbocycles. The maximum absolute atomic E-state index is 12.8. The van der Waals surface area contributed by atoms with E-state index in [0.29, 0.717) is 35.1 Å². The molecule has 0 unspecified atom stereocenters. The van der Waals surface area contributed by atoms with Crippen molar-refractivity contribution in [3.05, 3.63) is 59.7 Å². The molecule has 2 aromatic rings. The number of hydrogen-bond acceptors (Lipinski definition) is 3. The number of carbonyl (C=O) groups excluding carboxylic acids is 2. The highest BCUT2D eigenvalue weighted by Crippen LogP contribution is 2.22. The zero-order valence-electron chi connectivity index (χ0n) is 18.7. The molecule has 0 atom stereocenters. The fraction of sp³-hybridized carbons (Fsp3) is 0.462. The van der Waals surface area contributed by atoms with Gasteiger partial charge in [0.15, 0.2) is 0 Å². The van der Waals surface area contributed by atoms with Gasteiger partial charge in [-0.3, -0.25) is 9.59 Å². The zero-order valence-corrected chi connectivity index (χ0v) is 18.7. The summed E-state index contributed by atoms with van der Waals surface area (Å²) in [6.45, 7) is 6.64. The van der Waals surface area contributed by atoms with E-state index in [1.165, 1.54) is 12.8 Å². The van der Waals surface area contributed by atoms with E-state index >= 15 is 0 Å². The molecular formula is C26H34N2O3. The van der Waals surface area contributed by atoms with Crippen LogP contribution in [-0.4, -0.2) is 36.4 Å². The number of likely N-dealkylation sites (tertiary alicyclic amines) is 1. The van der Waals surface area contributed by atoms with E-state index in [1.54, 1.807) is 30.3 Å². The van der Waals surface area contributed by atoms with Gasteiger partial charge in [-0.2, -0.15) is 0 Å². The number of para-hydroxylation sites is 1. The summed E-state index contributed by atoms with van der Waals surface area (Å²) in [4.78, 5) is 27.4. The normalized spacial score (nSPS) is 14.3. The number of piperidine rings is 1. The number of anilines is 1. The number of benzene rings is 2. The first-order chi connectivity index (χ1) is 15.1. The first-order valence-electron chi connectivity index (χ1n) is 11.5. The summed E-state index contributed by atoms with van der Waals surface area (Å²) in [5.41, 5.74) is 1.83. The topological polar surface area (TPSA) is 58.6 Å². The summed E-state index contributed by atoms with van der Waals surface area (Å²) in [7, 11) is 0. The van der Waals surface area contributed by atoms with E-state index in [2.05, 4.69) is 19.2 Å². The van der Waals surface area contributed by atoms with Crippen LogP contribution in [-0.2, 0) is 0 Å². The van der Waals surface area contributed by atoms with Crippen LogP contribution >= 0.6 is 0 Å². The zero-order chi connectivity index (χ0) is 22.1. The summed E-state index contributed by atoms with van der Waals surface area (Å²) in [5.74, 6) is 1.13. The third kappa shape index (κ3) is 6.58. The minimum atomic E-state index is -0.215. The minimum Gasteiger partial charge on any atom is -0.493 e. The van der Waals surface area contributed by atoms with Crippen LogP contribution in [0.15, 0.2) is 48.5 Å². The molecule has 0 bridgehead atoms. The molecule has 166 valence electrons. The van der Waals surface area contributed by atoms with Crippen LogP contribution in [0.5, 0.6) is 5.75 Å². The molecule has 2 amide bonds. The van der Waals surface area contributed by atoms with Crippen molar-refractivity contribution in [2.45, 2.75) is 52.4 Å². The standard InChI is InChI=1S/C26H34N2O3/c1-3-4-5-8-19-31-24-10-7-6-9-23(24)25(29)27-22-13-11-21(12-14-22)26(30)28-17-15-20(2)16-18-28/h6-7,9-14,20H,3-5,8,15-19H2,1-2H3,(H,27,29). The second-order valence-electron chi connectivity index (χ2n) is 8.41. The van der Waals surface area contributed by atoms with Crippen LogP contribution in [0.3, 0.4) is 0 Å². The lowest BCUT2D eigenvalue weighted by Gasteiger charge is -2.30. The smallest absolute Gasteiger partial charge is 0.259 e. The summed E-state index contributed by atoms with van der Waals surface area (Å²) in [5, 5.41) is 2.92. The van der Waals surface area contributed by atoms with Crippen LogP contribution in [0.1, 0.15) is 73.1 Å². The largest absolute Gasteiger partial charge is 0.493 e. The maximum Gasteiger partial charge on any atom is 0.259 e. The molecule has 1 heterocycles. The molecule has 1 fully saturated rings. The molecule has 0 radical (unpaired) electrons. The van der Waals surface area contributed by atoms with Crippen molar-refractivity contribution < 1.29 is 14.3 Å². The average molecular weight is 423 g/mol. The Labute approximate surface area is 185 Å². The second kappa shape index (κ2) is 11.5. The lowest BCUT2D eigenvalue weighted by molar-refractivity contribution is 0.0697. The molecule has 0 spiro atoms. The summed E-state index contributed by atoms with van der Waals surface area (Å²) in [6.07, 6.45) is 6.60. The van der Waals surface area contributed by atoms with Gasteiger partial charge in [-0.25, -0.2) is 0 Å². The van der Waals surface area contributed by atoms with Crippen molar-refractivity contribution in [3.8, 4) is 5.75 Å². The number of hydrogen-bond donors (Lipinski definition) is 1. The minimum absolute atomic E-state index is 0.0617. The maximum atomic E-state index is 12.8. The van der Waals surface area contributed by atoms with Crippen LogP contribution in [0.25, 0.3) is 0 Å². The van der Waals surface area contributed by atoms with Gasteiger partial charge in [0, 0.05) is 24.3 Å². The summed E-state index contributed by atoms with van der Waals surface area (Å²) < 4.78 is 5.86. The Bertz CT molecular complexity index is 855. The van der Waals surface area contributed by atoms with Crippen LogP contribution < -0.4 is 10.1 Å². The fourth-order valence-corrected chi connectivity index (χ4v) is 3.78. The fourth-order valence-electron chi connectivity index (χ4n) is 3.78. The Kier molecular flexibility index (Phi) is 8.51. The molecule has 3 rings (SSSR count). The Hall–Kier alpha value is -2.82. The van der Waals surface area contributed by atoms with Crippen molar-refractivity contribution in [1.82, 2.24) is 4.90 Å². The van der Waals surface area contributed by atoms with E-state index in [-0.39, 0.29) is 11.8 Å². The Morgan fingerprint density at radius 1 is 1.00 bits per heavy atom. The molecule has 0 aliphatic carbocycles. The van der Waals surface area contributed by atoms with Crippen molar-refractivity contribution in [1.29, 1.82) is 0 Å². The monoisotopic (exact) mass is 422 g/mol. The molecule has 2 aromatic carbocycles. The highest BCUT2D eigenvalue weighted by Gasteiger charge is 2.21. The quantitative estimate of drug-likeness (QED) is 0.522. The number of unbranched alkanes of at least 4 members (excludes halogenated alkanes) is 3. The number of ether oxygens (including phenoxy) is 1. The second-order valence-corrected chi connectivity index (χ2v) is 8.41. The Balaban J connectivity index is 1.58. The van der Waals surface area contributed by atoms with Crippen LogP contribution in [0.2, 0.25) is 0 Å². The van der Waals surface area contributed by atoms with Crippen LogP contribution in [0.4, 0.5) is 5.69 Å². The Morgan fingerprint density at radius 2 is 1.71 bits per heavy atom. The van der Waals surface area contributed by atoms with Gasteiger partial charge in [0.05, 0.1) is 12.2 Å². The van der Waals surface area contributed by atoms with Crippen molar-refractivity contribution in [3.63, 3.8) is 0 Å². The molecule has 1 saturated heterocycles. The highest BCUT2D eigenvalue weighted by molar-refractivity contribution is 6.06. The van der Waals surface area contributed by atoms with Gasteiger partial charge >= 0.3 is 0 Å². The number of nitrogens with zero attached hydrogens (tertiary/aromatic N) is 1. The van der Waals surface area contributed by atoms with Gasteiger partial charge in [-0.15, -0.1) is 0 Å². The van der Waals surface area contributed by atoms with Crippen LogP contribution in [0, 0.1) is 5.92 Å². The first-order valence-corrected chi connectivity index (χ1v) is 11.5. The number of rotatable bonds is 9. The Morgan fingerprint density at radius 3 is 2.42 bits per heavy atom. The van der Waals surface area contributed by atoms with E-state index in [1.807, 2.05) is 23.1 Å². The van der Waals surface area contributed by atoms with Gasteiger partial charge in [0.25, 0.3) is 11.8 Å². The third-order valence-electron chi connectivity index (χ3n) is 5.85. The van der Waals surface area contributed by atoms with Crippen molar-refractivity contribution in [2.24, 2.45) is 5.92 Å². The molecule has 5 heteroatoms. The lowest BCUT2D eigenvalue weighted by atomic mass is 9.98. The first kappa shape index (κ1) is 22.9. The summed E-state index contributed by atoms with van der Waals surface area (Å²) in [6, 6.07) is 14.4. The molecule has 1 N–H and O–H groups in total. The predicted molar refractivity (Wildman–Crippen MR) is 125 cm³/mol. The average Bonchev–Trinajstić information content (AvgIpc) is 2.80. The van der Waals surface area contributed by atoms with Gasteiger partial charge in [0.2, 0.25) is 0 Å². The SMILES string of the molecule is CCCCCCOc1ccccc1C(=O)Nc1ccc(C(=O)N2CCC(C)CC2)cc1. The third-order valence-corrected chi connectivity index (χ3v) is 5.85. The van der Waals surface area contributed by atoms with Gasteiger partial charge < -0.3 is 15.0 Å². The summed E-state index contributed by atoms with van der Waals surface area (Å²) >= 11 is 0. The molecule has 5 nitrogen and oxygen atoms in total. The molecular weight excluding hydrogens is 388 g/mol. The van der Waals surface area contributed by atoms with E-state index in [4.69, 9.17) is 4.74 Å². The molecule has 31 heavy (non-hydrogen) atoms. The van der Waals surface area contributed by atoms with E-state index in [0.717, 1.165) is 38.8 Å². The molecule has 1 aliphatic rings. The van der Waals surface area contributed by atoms with Crippen molar-refractivity contribution >= 4 is 17.5 Å². The number of nitrogens with one attached hydrogen (secondary N) is 1. The number of carbonyl (C=O) groups is 2. The molecule has 1 aliphatic heterocycles. The van der Waals surface area contributed by atoms with E-state index in [9.17, 15) is 9.59 Å². The van der Waals surface area contributed by atoms with Crippen molar-refractivity contribution in [2.75, 3.05) is 25.0 Å². The highest BCUT2D eigenvalue weighted by atomic mass is 16.5. The van der Waals surface area contributed by atoms with E-state index < -0.39 is 0 Å². The van der Waals surface area contributed by atoms with Gasteiger partial charge in [-0.1, -0.05) is 45.2 Å². The number of amides is 2. The van der Waals surface area contributed by atoms with Gasteiger partial charge in [-0.05, 0) is 61.6 Å².